The van der Waals surface area contributed by atoms with E-state index in [1.807, 2.05) is 0 Å². The van der Waals surface area contributed by atoms with E-state index in [4.69, 9.17) is 15.0 Å². The first-order valence-corrected chi connectivity index (χ1v) is 7.57. The summed E-state index contributed by atoms with van der Waals surface area (Å²) in [5.41, 5.74) is 0. The van der Waals surface area contributed by atoms with Crippen molar-refractivity contribution in [3.63, 3.8) is 0 Å². The van der Waals surface area contributed by atoms with Crippen LogP contribution in [0.25, 0.3) is 0 Å². The molecule has 3 heteroatoms. The minimum absolute atomic E-state index is 1.37. The smallest absolute Gasteiger partial charge is 0.450 e. The molecular formula is C15H32O3. The second-order valence-electron chi connectivity index (χ2n) is 4.82. The molecule has 0 bridgehead atoms. The van der Waals surface area contributed by atoms with E-state index in [0.29, 0.717) is 0 Å². The Hall–Kier alpha value is -0.730. The molecule has 0 unspecified atom stereocenters. The molecule has 0 amide bonds. The van der Waals surface area contributed by atoms with Crippen LogP contribution >= 0.6 is 0 Å². The average Bonchev–Trinajstić information content (AvgIpc) is 2.31. The molecule has 0 rings (SSSR count). The Morgan fingerprint density at radius 3 is 0.944 bits per heavy atom. The molecule has 3 nitrogen and oxygen atoms in total. The molecule has 0 saturated carbocycles. The van der Waals surface area contributed by atoms with Crippen molar-refractivity contribution in [3.05, 3.63) is 0 Å². The monoisotopic (exact) mass is 260 g/mol. The third-order valence-corrected chi connectivity index (χ3v) is 2.96. The van der Waals surface area contributed by atoms with E-state index >= 15 is 0 Å². The fourth-order valence-corrected chi connectivity index (χ4v) is 1.91. The van der Waals surface area contributed by atoms with Crippen molar-refractivity contribution >= 4 is 6.16 Å². The molecule has 0 heterocycles. The highest BCUT2D eigenvalue weighted by Gasteiger charge is 1.91. The summed E-state index contributed by atoms with van der Waals surface area (Å²) in [5, 5.41) is 13.9. The Morgan fingerprint density at radius 2 is 0.778 bits per heavy atom. The molecule has 0 radical (unpaired) electrons. The maximum Gasteiger partial charge on any atom is 0.503 e. The number of carboxylic acid groups (broad SMARTS) is 2. The molecule has 0 saturated heterocycles. The van der Waals surface area contributed by atoms with E-state index in [1.54, 1.807) is 0 Å². The van der Waals surface area contributed by atoms with Crippen LogP contribution in [0.3, 0.4) is 0 Å². The van der Waals surface area contributed by atoms with Crippen molar-refractivity contribution < 1.29 is 15.0 Å². The lowest BCUT2D eigenvalue weighted by atomic mass is 10.1. The summed E-state index contributed by atoms with van der Waals surface area (Å²) in [5.74, 6) is 0. The highest BCUT2D eigenvalue weighted by Crippen LogP contribution is 2.11. The topological polar surface area (TPSA) is 57.5 Å². The van der Waals surface area contributed by atoms with Gasteiger partial charge in [0.05, 0.1) is 0 Å². The number of hydrogen-bond donors (Lipinski definition) is 2. The van der Waals surface area contributed by atoms with E-state index in [2.05, 4.69) is 13.8 Å². The van der Waals surface area contributed by atoms with Crippen LogP contribution in [0.4, 0.5) is 4.79 Å². The van der Waals surface area contributed by atoms with Crippen LogP contribution in [-0.2, 0) is 0 Å². The van der Waals surface area contributed by atoms with Gasteiger partial charge in [0.2, 0.25) is 0 Å². The quantitative estimate of drug-likeness (QED) is 0.453. The molecule has 110 valence electrons. The van der Waals surface area contributed by atoms with Gasteiger partial charge in [-0.2, -0.15) is 0 Å². The third-order valence-electron chi connectivity index (χ3n) is 2.96. The average molecular weight is 260 g/mol. The number of hydrogen-bond acceptors (Lipinski definition) is 1. The van der Waals surface area contributed by atoms with Crippen LogP contribution in [0.1, 0.15) is 90.9 Å². The number of rotatable bonds is 11. The number of unbranched alkanes of at least 4 members (excludes halogenated alkanes) is 11. The molecule has 2 N–H and O–H groups in total. The maximum absolute atomic E-state index is 8.56. The fourth-order valence-electron chi connectivity index (χ4n) is 1.91. The number of carbonyl (C=O) groups is 1. The lowest BCUT2D eigenvalue weighted by molar-refractivity contribution is 0.137. The molecule has 0 aliphatic heterocycles. The van der Waals surface area contributed by atoms with E-state index in [0.717, 1.165) is 0 Å². The summed E-state index contributed by atoms with van der Waals surface area (Å²) < 4.78 is 0. The first-order valence-electron chi connectivity index (χ1n) is 7.57. The van der Waals surface area contributed by atoms with Crippen LogP contribution in [0.5, 0.6) is 0 Å². The van der Waals surface area contributed by atoms with Gasteiger partial charge in [0.15, 0.2) is 0 Å². The zero-order valence-electron chi connectivity index (χ0n) is 12.3. The Morgan fingerprint density at radius 1 is 0.611 bits per heavy atom. The van der Waals surface area contributed by atoms with Crippen LogP contribution in [-0.4, -0.2) is 16.4 Å². The van der Waals surface area contributed by atoms with Gasteiger partial charge in [0.1, 0.15) is 0 Å². The predicted octanol–water partition coefficient (Wildman–Crippen LogP) is 5.93. The van der Waals surface area contributed by atoms with Gasteiger partial charge in [-0.15, -0.1) is 0 Å². The summed E-state index contributed by atoms with van der Waals surface area (Å²) in [4.78, 5) is 8.56. The van der Waals surface area contributed by atoms with Crippen molar-refractivity contribution in [3.8, 4) is 0 Å². The van der Waals surface area contributed by atoms with E-state index in [-0.39, 0.29) is 0 Å². The van der Waals surface area contributed by atoms with Gasteiger partial charge in [-0.1, -0.05) is 90.9 Å². The first kappa shape index (κ1) is 19.6. The standard InChI is InChI=1S/C14H30.CH2O3/c1-3-5-7-9-11-13-14-12-10-8-6-4-2;2-1(3)4/h3-14H2,1-2H3;(H2,2,3,4). The zero-order chi connectivity index (χ0) is 14.1. The van der Waals surface area contributed by atoms with E-state index < -0.39 is 6.16 Å². The molecule has 0 aromatic heterocycles. The third kappa shape index (κ3) is 29.5. The van der Waals surface area contributed by atoms with Crippen molar-refractivity contribution in [1.29, 1.82) is 0 Å². The SMILES string of the molecule is CCCCCCCCCCCCCC.O=C(O)O. The summed E-state index contributed by atoms with van der Waals surface area (Å²) >= 11 is 0. The van der Waals surface area contributed by atoms with Crippen molar-refractivity contribution in [2.45, 2.75) is 90.9 Å². The zero-order valence-corrected chi connectivity index (χ0v) is 12.3. The highest BCUT2D eigenvalue weighted by atomic mass is 16.6. The van der Waals surface area contributed by atoms with Crippen LogP contribution in [0.15, 0.2) is 0 Å². The van der Waals surface area contributed by atoms with Crippen molar-refractivity contribution in [2.75, 3.05) is 0 Å². The van der Waals surface area contributed by atoms with Gasteiger partial charge >= 0.3 is 6.16 Å². The van der Waals surface area contributed by atoms with Gasteiger partial charge in [0.25, 0.3) is 0 Å². The first-order chi connectivity index (χ1) is 8.65. The summed E-state index contributed by atoms with van der Waals surface area (Å²) in [6.07, 6.45) is 15.6. The lowest BCUT2D eigenvalue weighted by Crippen LogP contribution is -1.81. The Labute approximate surface area is 113 Å². The van der Waals surface area contributed by atoms with Gasteiger partial charge < -0.3 is 10.2 Å². The molecule has 0 aliphatic rings. The summed E-state index contributed by atoms with van der Waals surface area (Å²) in [6, 6.07) is 0. The predicted molar refractivity (Wildman–Crippen MR) is 77.4 cm³/mol. The molecular weight excluding hydrogens is 228 g/mol. The second kappa shape index (κ2) is 18.6. The Balaban J connectivity index is 0. The Bertz CT molecular complexity index is 142. The molecule has 0 atom stereocenters. The normalized spacial score (nSPS) is 9.67. The molecule has 0 fully saturated rings. The van der Waals surface area contributed by atoms with Gasteiger partial charge in [-0.3, -0.25) is 0 Å². The fraction of sp³-hybridized carbons (Fsp3) is 0.933. The largest absolute Gasteiger partial charge is 0.503 e. The van der Waals surface area contributed by atoms with Crippen LogP contribution < -0.4 is 0 Å². The summed E-state index contributed by atoms with van der Waals surface area (Å²) in [7, 11) is 0. The minimum Gasteiger partial charge on any atom is -0.450 e. The minimum atomic E-state index is -1.83. The van der Waals surface area contributed by atoms with Crippen molar-refractivity contribution in [1.82, 2.24) is 0 Å². The Kier molecular flexibility index (Phi) is 20.3. The van der Waals surface area contributed by atoms with Crippen LogP contribution in [0, 0.1) is 0 Å². The van der Waals surface area contributed by atoms with Crippen LogP contribution in [0.2, 0.25) is 0 Å². The molecule has 0 spiro atoms. The molecule has 18 heavy (non-hydrogen) atoms. The molecule has 0 aromatic rings. The van der Waals surface area contributed by atoms with Crippen molar-refractivity contribution in [2.24, 2.45) is 0 Å². The molecule has 0 aromatic carbocycles. The molecule has 0 aliphatic carbocycles. The maximum atomic E-state index is 8.56. The van der Waals surface area contributed by atoms with Gasteiger partial charge in [-0.25, -0.2) is 4.79 Å². The van der Waals surface area contributed by atoms with Gasteiger partial charge in [0, 0.05) is 0 Å². The van der Waals surface area contributed by atoms with Gasteiger partial charge in [-0.05, 0) is 0 Å². The summed E-state index contributed by atoms with van der Waals surface area (Å²) in [6.45, 7) is 4.57. The second-order valence-corrected chi connectivity index (χ2v) is 4.82. The van der Waals surface area contributed by atoms with E-state index in [1.165, 1.54) is 77.0 Å². The van der Waals surface area contributed by atoms with E-state index in [9.17, 15) is 0 Å². The lowest BCUT2D eigenvalue weighted by Gasteiger charge is -2.01. The highest BCUT2D eigenvalue weighted by molar-refractivity contribution is 5.53.